The quantitative estimate of drug-likeness (QED) is 0.742. The van der Waals surface area contributed by atoms with Crippen molar-refractivity contribution >= 4 is 10.0 Å². The number of aliphatic hydroxyl groups excluding tert-OH is 1. The molecule has 1 rings (SSSR count). The van der Waals surface area contributed by atoms with Crippen LogP contribution in [0.2, 0.25) is 0 Å². The predicted molar refractivity (Wildman–Crippen MR) is 63.2 cm³/mol. The van der Waals surface area contributed by atoms with Crippen LogP contribution in [0, 0.1) is 0 Å². The van der Waals surface area contributed by atoms with E-state index < -0.39 is 15.5 Å². The number of benzene rings is 1. The van der Waals surface area contributed by atoms with Crippen LogP contribution in [-0.2, 0) is 10.0 Å². The number of hydrogen-bond acceptors (Lipinski definition) is 3. The first-order valence-electron chi connectivity index (χ1n) is 5.29. The zero-order chi connectivity index (χ0) is 12.0. The standard InChI is InChI=1S/C11H17NO3S/c1-2-3-9-12-16(14,15)11(13)10-7-5-4-6-8-10/h4-8,11-13H,2-3,9H2,1H3. The largest absolute Gasteiger partial charge is 0.372 e. The van der Waals surface area contributed by atoms with E-state index in [-0.39, 0.29) is 0 Å². The monoisotopic (exact) mass is 243 g/mol. The van der Waals surface area contributed by atoms with Gasteiger partial charge in [-0.2, -0.15) is 0 Å². The Labute approximate surface area is 96.4 Å². The van der Waals surface area contributed by atoms with E-state index in [1.165, 1.54) is 0 Å². The van der Waals surface area contributed by atoms with Gasteiger partial charge in [0.25, 0.3) is 0 Å². The Hall–Kier alpha value is -0.910. The lowest BCUT2D eigenvalue weighted by molar-refractivity contribution is 0.252. The fraction of sp³-hybridized carbons (Fsp3) is 0.455. The van der Waals surface area contributed by atoms with Crippen LogP contribution >= 0.6 is 0 Å². The molecule has 0 aromatic heterocycles. The molecule has 1 atom stereocenters. The lowest BCUT2D eigenvalue weighted by Gasteiger charge is -2.12. The summed E-state index contributed by atoms with van der Waals surface area (Å²) >= 11 is 0. The second-order valence-electron chi connectivity index (χ2n) is 3.56. The van der Waals surface area contributed by atoms with E-state index in [0.29, 0.717) is 12.1 Å². The molecule has 0 aliphatic carbocycles. The molecule has 0 spiro atoms. The SMILES string of the molecule is CCCCNS(=O)(=O)C(O)c1ccccc1. The Kier molecular flexibility index (Phi) is 4.92. The zero-order valence-electron chi connectivity index (χ0n) is 9.26. The van der Waals surface area contributed by atoms with Gasteiger partial charge in [0, 0.05) is 6.54 Å². The first-order valence-corrected chi connectivity index (χ1v) is 6.84. The highest BCUT2D eigenvalue weighted by Crippen LogP contribution is 2.17. The summed E-state index contributed by atoms with van der Waals surface area (Å²) in [5.74, 6) is 0. The van der Waals surface area contributed by atoms with Crippen molar-refractivity contribution in [1.82, 2.24) is 4.72 Å². The van der Waals surface area contributed by atoms with Crippen LogP contribution in [0.25, 0.3) is 0 Å². The number of unbranched alkanes of at least 4 members (excludes halogenated alkanes) is 1. The molecule has 16 heavy (non-hydrogen) atoms. The molecule has 90 valence electrons. The first kappa shape index (κ1) is 13.2. The van der Waals surface area contributed by atoms with Crippen LogP contribution in [-0.4, -0.2) is 20.1 Å². The summed E-state index contributed by atoms with van der Waals surface area (Å²) in [6, 6.07) is 8.33. The van der Waals surface area contributed by atoms with Crippen molar-refractivity contribution in [2.75, 3.05) is 6.54 Å². The Bertz CT molecular complexity index is 402. The maximum atomic E-state index is 11.6. The molecule has 0 aliphatic heterocycles. The molecule has 0 bridgehead atoms. The van der Waals surface area contributed by atoms with E-state index in [4.69, 9.17) is 0 Å². The van der Waals surface area contributed by atoms with Crippen LogP contribution in [0.4, 0.5) is 0 Å². The highest BCUT2D eigenvalue weighted by atomic mass is 32.2. The van der Waals surface area contributed by atoms with Crippen molar-refractivity contribution in [2.45, 2.75) is 25.2 Å². The number of sulfonamides is 1. The van der Waals surface area contributed by atoms with Crippen LogP contribution in [0.3, 0.4) is 0 Å². The average Bonchev–Trinajstić information content (AvgIpc) is 2.29. The number of aliphatic hydroxyl groups is 1. The minimum atomic E-state index is -3.68. The topological polar surface area (TPSA) is 66.4 Å². The Morgan fingerprint density at radius 1 is 1.31 bits per heavy atom. The lowest BCUT2D eigenvalue weighted by atomic mass is 10.2. The van der Waals surface area contributed by atoms with E-state index >= 15 is 0 Å². The average molecular weight is 243 g/mol. The molecule has 5 heteroatoms. The van der Waals surface area contributed by atoms with E-state index in [1.807, 2.05) is 6.92 Å². The van der Waals surface area contributed by atoms with Gasteiger partial charge in [0.2, 0.25) is 10.0 Å². The Balaban J connectivity index is 2.69. The summed E-state index contributed by atoms with van der Waals surface area (Å²) in [5, 5.41) is 9.70. The molecular weight excluding hydrogens is 226 g/mol. The molecule has 0 amide bonds. The molecule has 0 saturated carbocycles. The highest BCUT2D eigenvalue weighted by molar-refractivity contribution is 7.89. The number of hydrogen-bond donors (Lipinski definition) is 2. The minimum absolute atomic E-state index is 0.364. The molecule has 1 aromatic rings. The Morgan fingerprint density at radius 3 is 2.50 bits per heavy atom. The van der Waals surface area contributed by atoms with E-state index in [0.717, 1.165) is 12.8 Å². The molecule has 0 aliphatic rings. The summed E-state index contributed by atoms with van der Waals surface area (Å²) in [6.07, 6.45) is 1.67. The van der Waals surface area contributed by atoms with Gasteiger partial charge in [-0.1, -0.05) is 43.7 Å². The molecular formula is C11H17NO3S. The molecule has 2 N–H and O–H groups in total. The van der Waals surface area contributed by atoms with Crippen LogP contribution < -0.4 is 4.72 Å². The summed E-state index contributed by atoms with van der Waals surface area (Å²) < 4.78 is 25.7. The zero-order valence-corrected chi connectivity index (χ0v) is 10.1. The van der Waals surface area contributed by atoms with Gasteiger partial charge >= 0.3 is 0 Å². The third-order valence-electron chi connectivity index (χ3n) is 2.21. The maximum Gasteiger partial charge on any atom is 0.242 e. The smallest absolute Gasteiger partial charge is 0.242 e. The predicted octanol–water partition coefficient (Wildman–Crippen LogP) is 1.40. The second-order valence-corrected chi connectivity index (χ2v) is 5.38. The van der Waals surface area contributed by atoms with Crippen LogP contribution in [0.5, 0.6) is 0 Å². The second kappa shape index (κ2) is 5.98. The molecule has 0 heterocycles. The van der Waals surface area contributed by atoms with Gasteiger partial charge in [-0.05, 0) is 12.0 Å². The molecule has 0 fully saturated rings. The van der Waals surface area contributed by atoms with Crippen molar-refractivity contribution in [1.29, 1.82) is 0 Å². The van der Waals surface area contributed by atoms with E-state index in [9.17, 15) is 13.5 Å². The lowest BCUT2D eigenvalue weighted by Crippen LogP contribution is -2.29. The fourth-order valence-corrected chi connectivity index (χ4v) is 2.37. The molecule has 1 aromatic carbocycles. The van der Waals surface area contributed by atoms with Gasteiger partial charge in [0.05, 0.1) is 0 Å². The van der Waals surface area contributed by atoms with Crippen molar-refractivity contribution < 1.29 is 13.5 Å². The Morgan fingerprint density at radius 2 is 1.94 bits per heavy atom. The van der Waals surface area contributed by atoms with Gasteiger partial charge < -0.3 is 5.11 Å². The summed E-state index contributed by atoms with van der Waals surface area (Å²) in [7, 11) is -3.68. The minimum Gasteiger partial charge on any atom is -0.372 e. The first-order chi connectivity index (χ1) is 7.58. The van der Waals surface area contributed by atoms with Crippen molar-refractivity contribution in [2.24, 2.45) is 0 Å². The van der Waals surface area contributed by atoms with E-state index in [1.54, 1.807) is 30.3 Å². The van der Waals surface area contributed by atoms with Gasteiger partial charge in [-0.15, -0.1) is 0 Å². The van der Waals surface area contributed by atoms with Gasteiger partial charge in [-0.3, -0.25) is 0 Å². The van der Waals surface area contributed by atoms with Crippen molar-refractivity contribution in [3.63, 3.8) is 0 Å². The summed E-state index contributed by atoms with van der Waals surface area (Å²) in [4.78, 5) is 0. The molecule has 4 nitrogen and oxygen atoms in total. The third-order valence-corrected chi connectivity index (χ3v) is 3.68. The van der Waals surface area contributed by atoms with Gasteiger partial charge in [0.1, 0.15) is 0 Å². The fourth-order valence-electron chi connectivity index (χ4n) is 1.27. The number of rotatable bonds is 6. The van der Waals surface area contributed by atoms with Crippen molar-refractivity contribution in [3.05, 3.63) is 35.9 Å². The van der Waals surface area contributed by atoms with Gasteiger partial charge in [-0.25, -0.2) is 13.1 Å². The third kappa shape index (κ3) is 3.59. The van der Waals surface area contributed by atoms with Crippen LogP contribution in [0.1, 0.15) is 30.8 Å². The molecule has 1 unspecified atom stereocenters. The summed E-state index contributed by atoms with van der Waals surface area (Å²) in [6.45, 7) is 2.34. The normalized spacial score (nSPS) is 13.6. The van der Waals surface area contributed by atoms with Gasteiger partial charge in [0.15, 0.2) is 5.44 Å². The van der Waals surface area contributed by atoms with Crippen molar-refractivity contribution in [3.8, 4) is 0 Å². The molecule has 0 saturated heterocycles. The summed E-state index contributed by atoms with van der Waals surface area (Å²) in [5.41, 5.74) is -1.11. The number of nitrogens with one attached hydrogen (secondary N) is 1. The maximum absolute atomic E-state index is 11.6. The van der Waals surface area contributed by atoms with Crippen LogP contribution in [0.15, 0.2) is 30.3 Å². The van der Waals surface area contributed by atoms with E-state index in [2.05, 4.69) is 4.72 Å². The highest BCUT2D eigenvalue weighted by Gasteiger charge is 2.23. The molecule has 0 radical (unpaired) electrons.